The summed E-state index contributed by atoms with van der Waals surface area (Å²) in [6, 6.07) is 9.62. The number of hydrogen-bond acceptors (Lipinski definition) is 2. The number of ether oxygens (including phenoxy) is 1. The van der Waals surface area contributed by atoms with Gasteiger partial charge in [-0.2, -0.15) is 0 Å². The molecule has 0 fully saturated rings. The molecule has 0 radical (unpaired) electrons. The van der Waals surface area contributed by atoms with E-state index in [1.807, 2.05) is 30.3 Å². The first-order valence-corrected chi connectivity index (χ1v) is 8.81. The van der Waals surface area contributed by atoms with Crippen molar-refractivity contribution in [2.45, 2.75) is 34.3 Å². The van der Waals surface area contributed by atoms with Crippen LogP contribution in [0.2, 0.25) is 5.02 Å². The Morgan fingerprint density at radius 3 is 2.46 bits per heavy atom. The molecule has 0 atom stereocenters. The highest BCUT2D eigenvalue weighted by atomic mass is 35.5. The second-order valence-corrected chi connectivity index (χ2v) is 7.05. The van der Waals surface area contributed by atoms with Crippen molar-refractivity contribution in [3.05, 3.63) is 65.0 Å². The molecule has 1 aromatic carbocycles. The lowest BCUT2D eigenvalue weighted by Crippen LogP contribution is -2.05. The van der Waals surface area contributed by atoms with Gasteiger partial charge in [0.05, 0.1) is 5.52 Å². The highest BCUT2D eigenvalue weighted by molar-refractivity contribution is 6.30. The second kappa shape index (κ2) is 8.15. The predicted molar refractivity (Wildman–Crippen MR) is 112 cm³/mol. The Labute approximate surface area is 166 Å². The van der Waals surface area contributed by atoms with E-state index >= 15 is 0 Å². The first kappa shape index (κ1) is 20.3. The van der Waals surface area contributed by atoms with E-state index in [0.717, 1.165) is 44.3 Å². The predicted octanol–water partition coefficient (Wildman–Crippen LogP) is 6.43. The fourth-order valence-electron chi connectivity index (χ4n) is 2.91. The zero-order valence-electron chi connectivity index (χ0n) is 15.5. The van der Waals surface area contributed by atoms with Crippen molar-refractivity contribution in [1.82, 2.24) is 9.55 Å². The number of pyridine rings is 1. The van der Waals surface area contributed by atoms with Crippen LogP contribution in [0.1, 0.15) is 30.7 Å². The highest BCUT2D eigenvalue weighted by Gasteiger charge is 2.19. The smallest absolute Gasteiger partial charge is 0.147 e. The van der Waals surface area contributed by atoms with Gasteiger partial charge in [0.1, 0.15) is 17.9 Å². The van der Waals surface area contributed by atoms with Crippen molar-refractivity contribution >= 4 is 40.7 Å². The van der Waals surface area contributed by atoms with Crippen LogP contribution in [0.25, 0.3) is 16.7 Å². The Balaban J connectivity index is 0.00000243. The molecule has 0 bridgehead atoms. The number of benzene rings is 1. The molecule has 0 saturated carbocycles. The minimum Gasteiger partial charge on any atom is -0.487 e. The summed E-state index contributed by atoms with van der Waals surface area (Å²) in [6.45, 7) is 13.3. The summed E-state index contributed by atoms with van der Waals surface area (Å²) in [5.41, 5.74) is 6.39. The van der Waals surface area contributed by atoms with Crippen LogP contribution in [0.5, 0.6) is 5.75 Å². The normalized spacial score (nSPS) is 10.8. The van der Waals surface area contributed by atoms with Gasteiger partial charge in [-0.15, -0.1) is 12.4 Å². The number of nitrogens with zero attached hydrogens (tertiary/aromatic N) is 2. The van der Waals surface area contributed by atoms with Gasteiger partial charge in [0.15, 0.2) is 0 Å². The highest BCUT2D eigenvalue weighted by Crippen LogP contribution is 2.35. The quantitative estimate of drug-likeness (QED) is 0.501. The number of halogens is 2. The van der Waals surface area contributed by atoms with Gasteiger partial charge in [0.25, 0.3) is 0 Å². The second-order valence-electron chi connectivity index (χ2n) is 6.61. The molecule has 0 N–H and O–H groups in total. The van der Waals surface area contributed by atoms with Crippen molar-refractivity contribution in [3.8, 4) is 5.75 Å². The largest absolute Gasteiger partial charge is 0.487 e. The van der Waals surface area contributed by atoms with Gasteiger partial charge in [-0.1, -0.05) is 44.2 Å². The fourth-order valence-corrected chi connectivity index (χ4v) is 3.03. The van der Waals surface area contributed by atoms with Crippen molar-refractivity contribution < 1.29 is 4.74 Å². The third kappa shape index (κ3) is 3.74. The van der Waals surface area contributed by atoms with Gasteiger partial charge in [-0.3, -0.25) is 4.98 Å². The number of fused-ring (bicyclic) bond motifs is 1. The molecular formula is C21H24Cl2N2O. The van der Waals surface area contributed by atoms with E-state index < -0.39 is 0 Å². The van der Waals surface area contributed by atoms with Gasteiger partial charge >= 0.3 is 0 Å². The van der Waals surface area contributed by atoms with Gasteiger partial charge < -0.3 is 9.30 Å². The van der Waals surface area contributed by atoms with Crippen LogP contribution in [0.3, 0.4) is 0 Å². The van der Waals surface area contributed by atoms with Crippen LogP contribution in [0, 0.1) is 19.8 Å². The fraction of sp³-hybridized carbons (Fsp3) is 0.286. The van der Waals surface area contributed by atoms with E-state index in [2.05, 4.69) is 43.8 Å². The lowest BCUT2D eigenvalue weighted by Gasteiger charge is -2.17. The van der Waals surface area contributed by atoms with Gasteiger partial charge in [0, 0.05) is 28.7 Å². The maximum absolute atomic E-state index is 6.14. The van der Waals surface area contributed by atoms with E-state index in [9.17, 15) is 0 Å². The summed E-state index contributed by atoms with van der Waals surface area (Å²) in [4.78, 5) is 4.57. The average Bonchev–Trinajstić information content (AvgIpc) is 2.85. The van der Waals surface area contributed by atoms with E-state index in [0.29, 0.717) is 12.5 Å². The summed E-state index contributed by atoms with van der Waals surface area (Å²) in [5.74, 6) is 1.15. The lowest BCUT2D eigenvalue weighted by atomic mass is 10.1. The maximum atomic E-state index is 6.14. The number of allylic oxidation sites excluding steroid dienone is 1. The molecule has 0 amide bonds. The van der Waals surface area contributed by atoms with Gasteiger partial charge in [0.2, 0.25) is 0 Å². The van der Waals surface area contributed by atoms with Crippen LogP contribution >= 0.6 is 24.0 Å². The van der Waals surface area contributed by atoms with E-state index in [-0.39, 0.29) is 12.4 Å². The summed E-state index contributed by atoms with van der Waals surface area (Å²) in [7, 11) is 0. The average molecular weight is 391 g/mol. The Morgan fingerprint density at radius 1 is 1.19 bits per heavy atom. The molecule has 0 spiro atoms. The van der Waals surface area contributed by atoms with Crippen LogP contribution in [0.15, 0.2) is 43.1 Å². The Bertz CT molecular complexity index is 927. The molecule has 138 valence electrons. The molecular weight excluding hydrogens is 367 g/mol. The third-order valence-electron chi connectivity index (χ3n) is 4.61. The zero-order valence-corrected chi connectivity index (χ0v) is 17.1. The topological polar surface area (TPSA) is 27.1 Å². The summed E-state index contributed by atoms with van der Waals surface area (Å²) < 4.78 is 8.32. The van der Waals surface area contributed by atoms with Gasteiger partial charge in [-0.05, 0) is 43.0 Å². The lowest BCUT2D eigenvalue weighted by molar-refractivity contribution is 0.309. The van der Waals surface area contributed by atoms with Crippen molar-refractivity contribution in [2.75, 3.05) is 0 Å². The molecule has 0 aliphatic carbocycles. The summed E-state index contributed by atoms with van der Waals surface area (Å²) in [6.07, 6.45) is 1.80. The molecule has 0 unspecified atom stereocenters. The SMILES string of the molecule is C=C(C(C)C)n1c(C)c(C)c2nccc(OCc3ccc(Cl)cc3)c21.Cl. The van der Waals surface area contributed by atoms with Crippen LogP contribution in [0.4, 0.5) is 0 Å². The number of rotatable bonds is 5. The number of aromatic nitrogens is 2. The molecule has 3 rings (SSSR count). The molecule has 5 heteroatoms. The van der Waals surface area contributed by atoms with Crippen molar-refractivity contribution in [1.29, 1.82) is 0 Å². The van der Waals surface area contributed by atoms with Crippen molar-refractivity contribution in [3.63, 3.8) is 0 Å². The van der Waals surface area contributed by atoms with E-state index in [1.54, 1.807) is 6.20 Å². The minimum absolute atomic E-state index is 0. The Hall–Kier alpha value is -1.97. The Kier molecular flexibility index (Phi) is 6.38. The summed E-state index contributed by atoms with van der Waals surface area (Å²) in [5, 5.41) is 0.725. The molecule has 0 saturated heterocycles. The molecule has 0 aliphatic heterocycles. The van der Waals surface area contributed by atoms with Crippen LogP contribution in [-0.2, 0) is 6.61 Å². The number of aryl methyl sites for hydroxylation is 1. The van der Waals surface area contributed by atoms with Crippen molar-refractivity contribution in [2.24, 2.45) is 5.92 Å². The molecule has 2 aromatic heterocycles. The van der Waals surface area contributed by atoms with Crippen LogP contribution in [-0.4, -0.2) is 9.55 Å². The first-order chi connectivity index (χ1) is 11.9. The monoisotopic (exact) mass is 390 g/mol. The number of hydrogen-bond donors (Lipinski definition) is 0. The minimum atomic E-state index is 0. The van der Waals surface area contributed by atoms with Gasteiger partial charge in [-0.25, -0.2) is 0 Å². The standard InChI is InChI=1S/C21H23ClN2O.ClH/c1-13(2)15(4)24-16(5)14(3)20-21(24)19(10-11-23-20)25-12-17-6-8-18(22)9-7-17;/h6-11,13H,4,12H2,1-3,5H3;1H. The maximum Gasteiger partial charge on any atom is 0.147 e. The zero-order chi connectivity index (χ0) is 18.1. The van der Waals surface area contributed by atoms with E-state index in [4.69, 9.17) is 16.3 Å². The molecule has 3 aromatic rings. The molecule has 2 heterocycles. The van der Waals surface area contributed by atoms with E-state index in [1.165, 1.54) is 0 Å². The molecule has 26 heavy (non-hydrogen) atoms. The molecule has 0 aliphatic rings. The summed E-state index contributed by atoms with van der Waals surface area (Å²) >= 11 is 5.95. The molecule has 3 nitrogen and oxygen atoms in total. The van der Waals surface area contributed by atoms with Crippen LogP contribution < -0.4 is 4.74 Å². The first-order valence-electron chi connectivity index (χ1n) is 8.43. The Morgan fingerprint density at radius 2 is 1.85 bits per heavy atom. The third-order valence-corrected chi connectivity index (χ3v) is 4.86.